The Hall–Kier alpha value is -0.900. The Labute approximate surface area is 57.6 Å². The zero-order valence-electron chi connectivity index (χ0n) is 4.87. The molecular formula is C5H7N3S. The Morgan fingerprint density at radius 1 is 1.89 bits per heavy atom. The van der Waals surface area contributed by atoms with Gasteiger partial charge in [-0.25, -0.2) is 4.98 Å². The molecule has 1 heterocycles. The van der Waals surface area contributed by atoms with Gasteiger partial charge in [0.2, 0.25) is 5.95 Å². The van der Waals surface area contributed by atoms with E-state index in [1.807, 2.05) is 0 Å². The van der Waals surface area contributed by atoms with Crippen LogP contribution in [0.2, 0.25) is 0 Å². The van der Waals surface area contributed by atoms with Crippen molar-refractivity contribution in [3.8, 4) is 0 Å². The number of anilines is 1. The highest BCUT2D eigenvalue weighted by molar-refractivity contribution is 7.03. The molecule has 0 amide bonds. The summed E-state index contributed by atoms with van der Waals surface area (Å²) < 4.78 is 3.93. The van der Waals surface area contributed by atoms with Crippen LogP contribution in [0.4, 0.5) is 5.95 Å². The van der Waals surface area contributed by atoms with Gasteiger partial charge < -0.3 is 5.32 Å². The highest BCUT2D eigenvalue weighted by Gasteiger charge is 1.88. The Morgan fingerprint density at radius 2 is 2.78 bits per heavy atom. The maximum atomic E-state index is 3.93. The molecule has 1 N–H and O–H groups in total. The van der Waals surface area contributed by atoms with Crippen LogP contribution in [0.3, 0.4) is 0 Å². The number of hydrogen-bond donors (Lipinski definition) is 1. The second-order valence-corrected chi connectivity index (χ2v) is 2.03. The lowest BCUT2D eigenvalue weighted by molar-refractivity contribution is 1.21. The van der Waals surface area contributed by atoms with Crippen molar-refractivity contribution in [3.05, 3.63) is 18.2 Å². The van der Waals surface area contributed by atoms with E-state index < -0.39 is 0 Å². The van der Waals surface area contributed by atoms with E-state index in [1.165, 1.54) is 11.5 Å². The van der Waals surface area contributed by atoms with E-state index in [0.717, 1.165) is 6.54 Å². The average Bonchev–Trinajstić information content (AvgIpc) is 2.34. The van der Waals surface area contributed by atoms with Gasteiger partial charge in [0, 0.05) is 6.54 Å². The van der Waals surface area contributed by atoms with Crippen LogP contribution in [-0.4, -0.2) is 15.9 Å². The summed E-state index contributed by atoms with van der Waals surface area (Å²) in [4.78, 5) is 3.90. The monoisotopic (exact) mass is 141 g/mol. The van der Waals surface area contributed by atoms with Gasteiger partial charge in [0.15, 0.2) is 0 Å². The first kappa shape index (κ1) is 6.22. The quantitative estimate of drug-likeness (QED) is 0.641. The molecule has 0 aliphatic rings. The molecule has 0 saturated heterocycles. The van der Waals surface area contributed by atoms with Crippen molar-refractivity contribution >= 4 is 17.5 Å². The number of nitrogens with zero attached hydrogens (tertiary/aromatic N) is 2. The zero-order valence-corrected chi connectivity index (χ0v) is 5.69. The fraction of sp³-hybridized carbons (Fsp3) is 0.200. The Kier molecular flexibility index (Phi) is 2.21. The fourth-order valence-corrected chi connectivity index (χ4v) is 0.818. The molecule has 0 aliphatic heterocycles. The molecule has 3 nitrogen and oxygen atoms in total. The third-order valence-electron chi connectivity index (χ3n) is 0.766. The first-order chi connectivity index (χ1) is 4.43. The van der Waals surface area contributed by atoms with E-state index >= 15 is 0 Å². The first-order valence-electron chi connectivity index (χ1n) is 2.54. The van der Waals surface area contributed by atoms with Crippen LogP contribution in [0.1, 0.15) is 0 Å². The van der Waals surface area contributed by atoms with Gasteiger partial charge in [-0.1, -0.05) is 6.08 Å². The predicted molar refractivity (Wildman–Crippen MR) is 38.6 cm³/mol. The van der Waals surface area contributed by atoms with Crippen molar-refractivity contribution in [3.63, 3.8) is 0 Å². The third kappa shape index (κ3) is 1.81. The van der Waals surface area contributed by atoms with E-state index in [9.17, 15) is 0 Å². The summed E-state index contributed by atoms with van der Waals surface area (Å²) in [7, 11) is 0. The number of nitrogens with one attached hydrogen (secondary N) is 1. The lowest BCUT2D eigenvalue weighted by atomic mass is 10.6. The second-order valence-electron chi connectivity index (χ2n) is 1.42. The van der Waals surface area contributed by atoms with Crippen LogP contribution in [0.15, 0.2) is 18.2 Å². The summed E-state index contributed by atoms with van der Waals surface area (Å²) in [5.41, 5.74) is 1.69. The van der Waals surface area contributed by atoms with E-state index in [0.29, 0.717) is 5.95 Å². The van der Waals surface area contributed by atoms with Gasteiger partial charge >= 0.3 is 0 Å². The molecular weight excluding hydrogens is 134 g/mol. The van der Waals surface area contributed by atoms with Gasteiger partial charge in [0.1, 0.15) is 5.51 Å². The number of aromatic nitrogens is 2. The first-order valence-corrected chi connectivity index (χ1v) is 3.38. The van der Waals surface area contributed by atoms with Crippen molar-refractivity contribution in [2.75, 3.05) is 11.9 Å². The zero-order chi connectivity index (χ0) is 6.53. The van der Waals surface area contributed by atoms with Gasteiger partial charge in [-0.15, -0.1) is 6.58 Å². The topological polar surface area (TPSA) is 37.8 Å². The Balaban J connectivity index is 2.38. The van der Waals surface area contributed by atoms with Gasteiger partial charge in [0.05, 0.1) is 0 Å². The van der Waals surface area contributed by atoms with Gasteiger partial charge in [-0.3, -0.25) is 0 Å². The number of hydrogen-bond acceptors (Lipinski definition) is 4. The van der Waals surface area contributed by atoms with Crippen LogP contribution < -0.4 is 5.32 Å². The molecule has 1 rings (SSSR count). The normalized spacial score (nSPS) is 8.89. The fourth-order valence-electron chi connectivity index (χ4n) is 0.412. The summed E-state index contributed by atoms with van der Waals surface area (Å²) in [6, 6.07) is 0. The molecule has 0 spiro atoms. The van der Waals surface area contributed by atoms with Crippen molar-refractivity contribution in [2.45, 2.75) is 0 Å². The maximum Gasteiger partial charge on any atom is 0.234 e. The van der Waals surface area contributed by atoms with Crippen LogP contribution >= 0.6 is 11.5 Å². The van der Waals surface area contributed by atoms with E-state index in [1.54, 1.807) is 11.6 Å². The third-order valence-corrected chi connectivity index (χ3v) is 1.24. The van der Waals surface area contributed by atoms with Crippen LogP contribution in [-0.2, 0) is 0 Å². The smallest absolute Gasteiger partial charge is 0.234 e. The molecule has 9 heavy (non-hydrogen) atoms. The highest BCUT2D eigenvalue weighted by Crippen LogP contribution is 1.97. The van der Waals surface area contributed by atoms with Crippen molar-refractivity contribution in [2.24, 2.45) is 0 Å². The largest absolute Gasteiger partial charge is 0.350 e. The summed E-state index contributed by atoms with van der Waals surface area (Å²) in [6.07, 6.45) is 1.76. The summed E-state index contributed by atoms with van der Waals surface area (Å²) in [5.74, 6) is 0.680. The molecule has 1 aromatic heterocycles. The molecule has 0 aliphatic carbocycles. The van der Waals surface area contributed by atoms with Crippen LogP contribution in [0.5, 0.6) is 0 Å². The summed E-state index contributed by atoms with van der Waals surface area (Å²) >= 11 is 1.33. The van der Waals surface area contributed by atoms with Crippen molar-refractivity contribution in [1.82, 2.24) is 9.36 Å². The van der Waals surface area contributed by atoms with Crippen molar-refractivity contribution < 1.29 is 0 Å². The molecule has 4 heteroatoms. The minimum Gasteiger partial charge on any atom is -0.350 e. The molecule has 0 aromatic carbocycles. The lowest BCUT2D eigenvalue weighted by Crippen LogP contribution is -1.98. The van der Waals surface area contributed by atoms with Gasteiger partial charge in [0.25, 0.3) is 0 Å². The molecule has 0 atom stereocenters. The molecule has 0 radical (unpaired) electrons. The summed E-state index contributed by atoms with van der Waals surface area (Å²) in [6.45, 7) is 4.26. The van der Waals surface area contributed by atoms with Gasteiger partial charge in [-0.05, 0) is 11.5 Å². The molecule has 0 unspecified atom stereocenters. The predicted octanol–water partition coefficient (Wildman–Crippen LogP) is 1.14. The molecule has 0 saturated carbocycles. The number of rotatable bonds is 3. The maximum absolute atomic E-state index is 3.93. The molecule has 48 valence electrons. The van der Waals surface area contributed by atoms with E-state index in [2.05, 4.69) is 21.3 Å². The second kappa shape index (κ2) is 3.19. The van der Waals surface area contributed by atoms with Crippen LogP contribution in [0, 0.1) is 0 Å². The van der Waals surface area contributed by atoms with Crippen molar-refractivity contribution in [1.29, 1.82) is 0 Å². The molecule has 0 bridgehead atoms. The SMILES string of the molecule is C=CCNc1ncsn1. The van der Waals surface area contributed by atoms with E-state index in [4.69, 9.17) is 0 Å². The Morgan fingerprint density at radius 3 is 3.33 bits per heavy atom. The standard InChI is InChI=1S/C5H7N3S/c1-2-3-6-5-7-4-9-8-5/h2,4H,1,3H2,(H,6,8). The minimum atomic E-state index is 0.680. The average molecular weight is 141 g/mol. The Bertz CT molecular complexity index is 170. The molecule has 0 fully saturated rings. The highest BCUT2D eigenvalue weighted by atomic mass is 32.1. The van der Waals surface area contributed by atoms with Crippen LogP contribution in [0.25, 0.3) is 0 Å². The minimum absolute atomic E-state index is 0.680. The van der Waals surface area contributed by atoms with E-state index in [-0.39, 0.29) is 0 Å². The van der Waals surface area contributed by atoms with Gasteiger partial charge in [-0.2, -0.15) is 4.37 Å². The molecule has 1 aromatic rings. The lowest BCUT2D eigenvalue weighted by Gasteiger charge is -1.91. The summed E-state index contributed by atoms with van der Waals surface area (Å²) in [5, 5.41) is 2.94.